The van der Waals surface area contributed by atoms with Crippen molar-refractivity contribution in [1.82, 2.24) is 10.5 Å². The van der Waals surface area contributed by atoms with Crippen LogP contribution in [0.4, 0.5) is 0 Å². The maximum absolute atomic E-state index is 9.60. The van der Waals surface area contributed by atoms with Crippen molar-refractivity contribution < 1.29 is 9.63 Å². The molecule has 0 saturated carbocycles. The Morgan fingerprint density at radius 3 is 3.17 bits per heavy atom. The second-order valence-corrected chi connectivity index (χ2v) is 4.69. The summed E-state index contributed by atoms with van der Waals surface area (Å²) >= 11 is 0. The van der Waals surface area contributed by atoms with Gasteiger partial charge in [-0.3, -0.25) is 0 Å². The zero-order valence-corrected chi connectivity index (χ0v) is 10.1. The highest BCUT2D eigenvalue weighted by Crippen LogP contribution is 2.32. The van der Waals surface area contributed by atoms with E-state index in [-0.39, 0.29) is 6.04 Å². The highest BCUT2D eigenvalue weighted by Gasteiger charge is 2.20. The Hall–Kier alpha value is -1.81. The highest BCUT2D eigenvalue weighted by molar-refractivity contribution is 5.38. The first-order valence-corrected chi connectivity index (χ1v) is 6.27. The van der Waals surface area contributed by atoms with Crippen LogP contribution in [0.5, 0.6) is 5.75 Å². The van der Waals surface area contributed by atoms with E-state index in [1.807, 2.05) is 18.2 Å². The maximum Gasteiger partial charge on any atom is 0.150 e. The normalized spacial score (nSPS) is 18.6. The molecule has 0 fully saturated rings. The standard InChI is InChI=1S/C14H16N2O2/c17-11-5-4-10-2-1-3-14(13(10)8-11)15-9-12-6-7-16-18-12/h4-8,14-15,17H,1-3,9H2. The van der Waals surface area contributed by atoms with Crippen molar-refractivity contribution in [3.8, 4) is 5.75 Å². The fourth-order valence-electron chi connectivity index (χ4n) is 2.56. The summed E-state index contributed by atoms with van der Waals surface area (Å²) in [7, 11) is 0. The molecular weight excluding hydrogens is 228 g/mol. The third-order valence-electron chi connectivity index (χ3n) is 3.46. The summed E-state index contributed by atoms with van der Waals surface area (Å²) in [6, 6.07) is 7.79. The zero-order valence-electron chi connectivity index (χ0n) is 10.1. The summed E-state index contributed by atoms with van der Waals surface area (Å²) in [6.45, 7) is 0.666. The molecule has 0 bridgehead atoms. The Kier molecular flexibility index (Phi) is 3.02. The van der Waals surface area contributed by atoms with Gasteiger partial charge in [0.25, 0.3) is 0 Å². The number of benzene rings is 1. The predicted octanol–water partition coefficient (Wildman–Crippen LogP) is 2.55. The van der Waals surface area contributed by atoms with Crippen LogP contribution < -0.4 is 5.32 Å². The molecule has 0 saturated heterocycles. The SMILES string of the molecule is Oc1ccc2c(c1)C(NCc1ccno1)CCC2. The minimum atomic E-state index is 0.283. The van der Waals surface area contributed by atoms with Crippen LogP contribution in [-0.4, -0.2) is 10.3 Å². The molecule has 0 aliphatic heterocycles. The first-order valence-electron chi connectivity index (χ1n) is 6.27. The number of hydrogen-bond acceptors (Lipinski definition) is 4. The van der Waals surface area contributed by atoms with Crippen LogP contribution >= 0.6 is 0 Å². The molecule has 1 aliphatic rings. The maximum atomic E-state index is 9.60. The molecule has 1 aliphatic carbocycles. The molecule has 4 nitrogen and oxygen atoms in total. The van der Waals surface area contributed by atoms with E-state index in [4.69, 9.17) is 4.52 Å². The van der Waals surface area contributed by atoms with Crippen LogP contribution in [0.2, 0.25) is 0 Å². The fourth-order valence-corrected chi connectivity index (χ4v) is 2.56. The average Bonchev–Trinajstić information content (AvgIpc) is 2.89. The summed E-state index contributed by atoms with van der Waals surface area (Å²) in [5.74, 6) is 1.17. The lowest BCUT2D eigenvalue weighted by Crippen LogP contribution is -2.24. The quantitative estimate of drug-likeness (QED) is 0.871. The van der Waals surface area contributed by atoms with E-state index in [1.54, 1.807) is 12.3 Å². The van der Waals surface area contributed by atoms with Gasteiger partial charge in [-0.05, 0) is 42.5 Å². The van der Waals surface area contributed by atoms with E-state index in [2.05, 4.69) is 10.5 Å². The van der Waals surface area contributed by atoms with Crippen LogP contribution in [0.25, 0.3) is 0 Å². The number of aromatic hydroxyl groups is 1. The van der Waals surface area contributed by atoms with Gasteiger partial charge in [0.2, 0.25) is 0 Å². The minimum absolute atomic E-state index is 0.283. The molecule has 1 atom stereocenters. The minimum Gasteiger partial charge on any atom is -0.508 e. The number of aromatic nitrogens is 1. The number of nitrogens with zero attached hydrogens (tertiary/aromatic N) is 1. The monoisotopic (exact) mass is 244 g/mol. The van der Waals surface area contributed by atoms with Gasteiger partial charge in [-0.1, -0.05) is 11.2 Å². The molecule has 1 aromatic carbocycles. The molecule has 1 heterocycles. The predicted molar refractivity (Wildman–Crippen MR) is 67.1 cm³/mol. The van der Waals surface area contributed by atoms with Crippen LogP contribution in [0.15, 0.2) is 35.0 Å². The van der Waals surface area contributed by atoms with Gasteiger partial charge in [0.15, 0.2) is 0 Å². The number of rotatable bonds is 3. The van der Waals surface area contributed by atoms with Crippen molar-refractivity contribution >= 4 is 0 Å². The van der Waals surface area contributed by atoms with Crippen LogP contribution in [-0.2, 0) is 13.0 Å². The van der Waals surface area contributed by atoms with Gasteiger partial charge in [0.05, 0.1) is 12.7 Å². The van der Waals surface area contributed by atoms with Gasteiger partial charge >= 0.3 is 0 Å². The third kappa shape index (κ3) is 2.24. The molecule has 2 N–H and O–H groups in total. The molecule has 4 heteroatoms. The van der Waals surface area contributed by atoms with E-state index in [0.29, 0.717) is 12.3 Å². The molecule has 1 aromatic heterocycles. The molecule has 0 spiro atoms. The van der Waals surface area contributed by atoms with Crippen molar-refractivity contribution in [3.05, 3.63) is 47.3 Å². The van der Waals surface area contributed by atoms with Crippen LogP contribution in [0.1, 0.15) is 35.8 Å². The first kappa shape index (κ1) is 11.3. The van der Waals surface area contributed by atoms with Crippen molar-refractivity contribution in [1.29, 1.82) is 0 Å². The van der Waals surface area contributed by atoms with Gasteiger partial charge < -0.3 is 14.9 Å². The Balaban J connectivity index is 1.76. The Morgan fingerprint density at radius 2 is 2.33 bits per heavy atom. The summed E-state index contributed by atoms with van der Waals surface area (Å²) in [4.78, 5) is 0. The number of hydrogen-bond donors (Lipinski definition) is 2. The van der Waals surface area contributed by atoms with Crippen molar-refractivity contribution in [2.24, 2.45) is 0 Å². The molecule has 0 radical (unpaired) electrons. The Bertz CT molecular complexity index is 523. The average molecular weight is 244 g/mol. The molecular formula is C14H16N2O2. The van der Waals surface area contributed by atoms with Crippen LogP contribution in [0, 0.1) is 0 Å². The van der Waals surface area contributed by atoms with E-state index in [1.165, 1.54) is 17.5 Å². The van der Waals surface area contributed by atoms with Gasteiger partial charge in [-0.15, -0.1) is 0 Å². The molecule has 94 valence electrons. The highest BCUT2D eigenvalue weighted by atomic mass is 16.5. The van der Waals surface area contributed by atoms with Gasteiger partial charge in [0, 0.05) is 12.1 Å². The van der Waals surface area contributed by atoms with Crippen molar-refractivity contribution in [2.45, 2.75) is 31.8 Å². The molecule has 18 heavy (non-hydrogen) atoms. The van der Waals surface area contributed by atoms with E-state index >= 15 is 0 Å². The fraction of sp³-hybridized carbons (Fsp3) is 0.357. The number of phenolic OH excluding ortho intramolecular Hbond substituents is 1. The van der Waals surface area contributed by atoms with Gasteiger partial charge in [-0.25, -0.2) is 0 Å². The summed E-state index contributed by atoms with van der Waals surface area (Å²) in [5, 5.41) is 16.8. The molecule has 2 aromatic rings. The first-order chi connectivity index (χ1) is 8.83. The summed E-state index contributed by atoms with van der Waals surface area (Å²) in [5.41, 5.74) is 2.54. The summed E-state index contributed by atoms with van der Waals surface area (Å²) in [6.07, 6.45) is 5.00. The summed E-state index contributed by atoms with van der Waals surface area (Å²) < 4.78 is 5.07. The number of aryl methyl sites for hydroxylation is 1. The zero-order chi connectivity index (χ0) is 12.4. The second-order valence-electron chi connectivity index (χ2n) is 4.69. The van der Waals surface area contributed by atoms with Crippen LogP contribution in [0.3, 0.4) is 0 Å². The number of phenols is 1. The lowest BCUT2D eigenvalue weighted by Gasteiger charge is -2.26. The largest absolute Gasteiger partial charge is 0.508 e. The van der Waals surface area contributed by atoms with Crippen molar-refractivity contribution in [3.63, 3.8) is 0 Å². The number of fused-ring (bicyclic) bond motifs is 1. The van der Waals surface area contributed by atoms with E-state index < -0.39 is 0 Å². The lowest BCUT2D eigenvalue weighted by atomic mass is 9.87. The second kappa shape index (κ2) is 4.82. The smallest absolute Gasteiger partial charge is 0.150 e. The Labute approximate surface area is 106 Å². The van der Waals surface area contributed by atoms with E-state index in [9.17, 15) is 5.11 Å². The van der Waals surface area contributed by atoms with Gasteiger partial charge in [-0.2, -0.15) is 0 Å². The van der Waals surface area contributed by atoms with E-state index in [0.717, 1.165) is 18.6 Å². The lowest BCUT2D eigenvalue weighted by molar-refractivity contribution is 0.355. The third-order valence-corrected chi connectivity index (χ3v) is 3.46. The Morgan fingerprint density at radius 1 is 1.39 bits per heavy atom. The van der Waals surface area contributed by atoms with Gasteiger partial charge in [0.1, 0.15) is 11.5 Å². The number of nitrogens with one attached hydrogen (secondary N) is 1. The molecule has 1 unspecified atom stereocenters. The topological polar surface area (TPSA) is 58.3 Å². The molecule has 0 amide bonds. The van der Waals surface area contributed by atoms with Crippen molar-refractivity contribution in [2.75, 3.05) is 0 Å². The molecule has 3 rings (SSSR count).